The van der Waals surface area contributed by atoms with E-state index in [1.165, 1.54) is 308 Å². The van der Waals surface area contributed by atoms with Crippen LogP contribution in [0.5, 0.6) is 0 Å². The molecule has 2 atom stereocenters. The van der Waals surface area contributed by atoms with Crippen LogP contribution in [0.4, 0.5) is 0 Å². The fourth-order valence-electron chi connectivity index (χ4n) is 10.6. The number of nitrogens with one attached hydrogen (secondary N) is 1. The van der Waals surface area contributed by atoms with E-state index < -0.39 is 12.1 Å². The first-order valence-corrected chi connectivity index (χ1v) is 33.6. The van der Waals surface area contributed by atoms with Crippen molar-refractivity contribution in [2.75, 3.05) is 13.2 Å². The lowest BCUT2D eigenvalue weighted by Gasteiger charge is -2.20. The van der Waals surface area contributed by atoms with Crippen molar-refractivity contribution in [3.8, 4) is 0 Å². The Morgan fingerprint density at radius 2 is 0.635 bits per heavy atom. The van der Waals surface area contributed by atoms with Gasteiger partial charge in [-0.1, -0.05) is 327 Å². The van der Waals surface area contributed by atoms with Crippen LogP contribution < -0.4 is 5.32 Å². The van der Waals surface area contributed by atoms with Crippen molar-refractivity contribution in [2.24, 2.45) is 0 Å². The molecule has 0 spiro atoms. The van der Waals surface area contributed by atoms with Crippen molar-refractivity contribution in [1.82, 2.24) is 5.32 Å². The smallest absolute Gasteiger partial charge is 0.305 e. The minimum atomic E-state index is -0.848. The van der Waals surface area contributed by atoms with Gasteiger partial charge in [0, 0.05) is 12.8 Å². The lowest BCUT2D eigenvalue weighted by Crippen LogP contribution is -2.45. The number of ether oxygens (including phenoxy) is 1. The summed E-state index contributed by atoms with van der Waals surface area (Å²) < 4.78 is 5.47. The second kappa shape index (κ2) is 63.9. The van der Waals surface area contributed by atoms with Crippen molar-refractivity contribution in [3.63, 3.8) is 0 Å². The van der Waals surface area contributed by atoms with E-state index in [0.29, 0.717) is 19.4 Å². The molecule has 0 aliphatic carbocycles. The van der Waals surface area contributed by atoms with E-state index in [-0.39, 0.29) is 18.5 Å². The largest absolute Gasteiger partial charge is 0.466 e. The highest BCUT2D eigenvalue weighted by Gasteiger charge is 2.18. The standard InChI is InChI=1S/C68H131NO5/c1-3-5-7-9-11-13-15-16-17-18-19-20-25-28-31-34-37-41-44-48-52-56-60-66(71)65(64-70)69-67(72)61-57-53-49-45-42-38-35-32-29-26-23-21-22-24-27-30-33-36-39-43-47-51-55-59-63-74-68(73)62-58-54-50-46-40-14-12-10-8-6-4-2/h23,26,56,60,65-66,70-71H,3-22,24-25,27-55,57-59,61-64H2,1-2H3,(H,69,72)/b26-23-,60-56+. The van der Waals surface area contributed by atoms with Crippen molar-refractivity contribution >= 4 is 11.9 Å². The molecule has 6 nitrogen and oxygen atoms in total. The summed E-state index contributed by atoms with van der Waals surface area (Å²) >= 11 is 0. The van der Waals surface area contributed by atoms with Gasteiger partial charge in [-0.2, -0.15) is 0 Å². The Bertz CT molecular complexity index is 1150. The van der Waals surface area contributed by atoms with Gasteiger partial charge in [-0.05, 0) is 57.8 Å². The van der Waals surface area contributed by atoms with Crippen LogP contribution in [0.2, 0.25) is 0 Å². The predicted octanol–water partition coefficient (Wildman–Crippen LogP) is 21.4. The molecule has 2 unspecified atom stereocenters. The Morgan fingerprint density at radius 3 is 0.959 bits per heavy atom. The number of unbranched alkanes of at least 4 members (excludes halogenated alkanes) is 50. The Labute approximate surface area is 462 Å². The molecule has 0 rings (SSSR count). The van der Waals surface area contributed by atoms with E-state index >= 15 is 0 Å². The Balaban J connectivity index is 3.44. The zero-order valence-electron chi connectivity index (χ0n) is 50.1. The molecular formula is C68H131NO5. The molecule has 438 valence electrons. The summed E-state index contributed by atoms with van der Waals surface area (Å²) in [6.07, 6.45) is 79.5. The number of allylic oxidation sites excluding steroid dienone is 3. The molecule has 1 amide bonds. The van der Waals surface area contributed by atoms with Crippen LogP contribution in [0.1, 0.15) is 373 Å². The number of amides is 1. The first-order chi connectivity index (χ1) is 36.5. The van der Waals surface area contributed by atoms with Crippen LogP contribution in [-0.2, 0) is 14.3 Å². The summed E-state index contributed by atoms with van der Waals surface area (Å²) in [4.78, 5) is 24.5. The monoisotopic (exact) mass is 1040 g/mol. The Kier molecular flexibility index (Phi) is 62.4. The molecule has 0 aliphatic heterocycles. The summed E-state index contributed by atoms with van der Waals surface area (Å²) in [5.74, 6) is -0.0564. The summed E-state index contributed by atoms with van der Waals surface area (Å²) in [6.45, 7) is 4.93. The van der Waals surface area contributed by atoms with Gasteiger partial charge in [0.15, 0.2) is 0 Å². The molecule has 0 fully saturated rings. The average Bonchev–Trinajstić information content (AvgIpc) is 3.40. The summed E-state index contributed by atoms with van der Waals surface area (Å²) in [7, 11) is 0. The SMILES string of the molecule is CCCCCCCCCCCCCCCCCCCCCC/C=C/C(O)C(CO)NC(=O)CCCCCCCCCC/C=C\CCCCCCCCCCCCCCOC(=O)CCCCCCCCCCCCC. The highest BCUT2D eigenvalue weighted by molar-refractivity contribution is 5.76. The third-order valence-electron chi connectivity index (χ3n) is 15.7. The summed E-state index contributed by atoms with van der Waals surface area (Å²) in [5.41, 5.74) is 0. The molecule has 0 aromatic carbocycles. The number of hydrogen-bond donors (Lipinski definition) is 3. The Hall–Kier alpha value is -1.66. The molecule has 0 heterocycles. The van der Waals surface area contributed by atoms with Gasteiger partial charge >= 0.3 is 5.97 Å². The molecule has 0 saturated carbocycles. The molecule has 0 aromatic heterocycles. The van der Waals surface area contributed by atoms with Crippen LogP contribution in [0.25, 0.3) is 0 Å². The molecule has 0 radical (unpaired) electrons. The predicted molar refractivity (Wildman–Crippen MR) is 324 cm³/mol. The number of carbonyl (C=O) groups is 2. The van der Waals surface area contributed by atoms with Crippen molar-refractivity contribution in [1.29, 1.82) is 0 Å². The minimum Gasteiger partial charge on any atom is -0.466 e. The van der Waals surface area contributed by atoms with Gasteiger partial charge in [0.1, 0.15) is 0 Å². The first-order valence-electron chi connectivity index (χ1n) is 33.6. The van der Waals surface area contributed by atoms with E-state index in [0.717, 1.165) is 38.5 Å². The van der Waals surface area contributed by atoms with Gasteiger partial charge in [-0.15, -0.1) is 0 Å². The van der Waals surface area contributed by atoms with Crippen LogP contribution >= 0.6 is 0 Å². The van der Waals surface area contributed by atoms with Crippen LogP contribution in [0.3, 0.4) is 0 Å². The van der Waals surface area contributed by atoms with Gasteiger partial charge in [-0.3, -0.25) is 9.59 Å². The second-order valence-electron chi connectivity index (χ2n) is 23.2. The highest BCUT2D eigenvalue weighted by atomic mass is 16.5. The Morgan fingerprint density at radius 1 is 0.365 bits per heavy atom. The van der Waals surface area contributed by atoms with Gasteiger partial charge in [0.2, 0.25) is 5.91 Å². The molecule has 3 N–H and O–H groups in total. The molecule has 74 heavy (non-hydrogen) atoms. The van der Waals surface area contributed by atoms with E-state index in [4.69, 9.17) is 4.74 Å². The molecule has 0 bridgehead atoms. The maximum absolute atomic E-state index is 12.5. The molecule has 0 saturated heterocycles. The maximum Gasteiger partial charge on any atom is 0.305 e. The summed E-state index contributed by atoms with van der Waals surface area (Å²) in [6, 6.07) is -0.632. The number of carbonyl (C=O) groups excluding carboxylic acids is 2. The van der Waals surface area contributed by atoms with Gasteiger partial charge in [0.25, 0.3) is 0 Å². The van der Waals surface area contributed by atoms with Crippen LogP contribution in [0, 0.1) is 0 Å². The van der Waals surface area contributed by atoms with Gasteiger partial charge < -0.3 is 20.3 Å². The third-order valence-corrected chi connectivity index (χ3v) is 15.7. The topological polar surface area (TPSA) is 95.9 Å². The number of hydrogen-bond acceptors (Lipinski definition) is 5. The van der Waals surface area contributed by atoms with E-state index in [9.17, 15) is 19.8 Å². The van der Waals surface area contributed by atoms with Crippen LogP contribution in [0.15, 0.2) is 24.3 Å². The molecule has 0 aliphatic rings. The lowest BCUT2D eigenvalue weighted by molar-refractivity contribution is -0.143. The lowest BCUT2D eigenvalue weighted by atomic mass is 10.0. The van der Waals surface area contributed by atoms with E-state index in [1.54, 1.807) is 6.08 Å². The number of esters is 1. The summed E-state index contributed by atoms with van der Waals surface area (Å²) in [5, 5.41) is 23.2. The fourth-order valence-corrected chi connectivity index (χ4v) is 10.6. The minimum absolute atomic E-state index is 0.0123. The fraction of sp³-hybridized carbons (Fsp3) is 0.912. The normalized spacial score (nSPS) is 12.6. The van der Waals surface area contributed by atoms with E-state index in [2.05, 4.69) is 31.3 Å². The van der Waals surface area contributed by atoms with Crippen LogP contribution in [-0.4, -0.2) is 47.4 Å². The quantitative estimate of drug-likeness (QED) is 0.0320. The zero-order chi connectivity index (χ0) is 53.6. The molecule has 6 heteroatoms. The number of aliphatic hydroxyl groups excluding tert-OH is 2. The number of rotatable bonds is 63. The highest BCUT2D eigenvalue weighted by Crippen LogP contribution is 2.18. The second-order valence-corrected chi connectivity index (χ2v) is 23.2. The first kappa shape index (κ1) is 72.3. The third kappa shape index (κ3) is 59.6. The van der Waals surface area contributed by atoms with E-state index in [1.807, 2.05) is 6.08 Å². The van der Waals surface area contributed by atoms with Crippen molar-refractivity contribution in [2.45, 2.75) is 386 Å². The zero-order valence-corrected chi connectivity index (χ0v) is 50.1. The molecular weight excluding hydrogens is 911 g/mol. The van der Waals surface area contributed by atoms with Gasteiger partial charge in [0.05, 0.1) is 25.4 Å². The molecule has 0 aromatic rings. The van der Waals surface area contributed by atoms with Crippen molar-refractivity contribution < 1.29 is 24.5 Å². The van der Waals surface area contributed by atoms with Gasteiger partial charge in [-0.25, -0.2) is 0 Å². The number of aliphatic hydroxyl groups is 2. The maximum atomic E-state index is 12.5. The van der Waals surface area contributed by atoms with Crippen molar-refractivity contribution in [3.05, 3.63) is 24.3 Å². The average molecular weight is 1040 g/mol.